The quantitative estimate of drug-likeness (QED) is 0.896. The van der Waals surface area contributed by atoms with Gasteiger partial charge in [0.05, 0.1) is 5.69 Å². The van der Waals surface area contributed by atoms with Crippen molar-refractivity contribution in [2.24, 2.45) is 4.99 Å². The van der Waals surface area contributed by atoms with Gasteiger partial charge in [0.2, 0.25) is 5.84 Å². The van der Waals surface area contributed by atoms with E-state index in [1.807, 2.05) is 18.2 Å². The second-order valence-corrected chi connectivity index (χ2v) is 4.96. The zero-order valence-corrected chi connectivity index (χ0v) is 12.4. The van der Waals surface area contributed by atoms with E-state index in [2.05, 4.69) is 20.7 Å². The molecule has 0 saturated heterocycles. The van der Waals surface area contributed by atoms with Crippen LogP contribution in [0, 0.1) is 0 Å². The number of nitrogens with zero attached hydrogens (tertiary/aromatic N) is 3. The maximum Gasteiger partial charge on any atom is 0.292 e. The first-order valence-electron chi connectivity index (χ1n) is 7.10. The third kappa shape index (κ3) is 3.18. The minimum atomic E-state index is -0.644. The van der Waals surface area contributed by atoms with Crippen LogP contribution in [0.25, 0.3) is 0 Å². The summed E-state index contributed by atoms with van der Waals surface area (Å²) >= 11 is 0. The molecule has 2 amide bonds. The van der Waals surface area contributed by atoms with Gasteiger partial charge in [-0.1, -0.05) is 18.2 Å². The van der Waals surface area contributed by atoms with E-state index < -0.39 is 11.9 Å². The second-order valence-electron chi connectivity index (χ2n) is 4.96. The second kappa shape index (κ2) is 6.27. The Balaban J connectivity index is 1.81. The van der Waals surface area contributed by atoms with Crippen LogP contribution >= 0.6 is 0 Å². The van der Waals surface area contributed by atoms with Crippen LogP contribution in [0.15, 0.2) is 59.9 Å². The Hall–Kier alpha value is -3.22. The average Bonchev–Trinajstić information content (AvgIpc) is 2.59. The summed E-state index contributed by atoms with van der Waals surface area (Å²) in [6.07, 6.45) is 3.16. The van der Waals surface area contributed by atoms with Gasteiger partial charge in [0.15, 0.2) is 0 Å². The van der Waals surface area contributed by atoms with Crippen molar-refractivity contribution in [2.75, 3.05) is 10.3 Å². The van der Waals surface area contributed by atoms with Crippen LogP contribution in [-0.4, -0.2) is 28.7 Å². The number of anilines is 2. The summed E-state index contributed by atoms with van der Waals surface area (Å²) in [6, 6.07) is 11.7. The van der Waals surface area contributed by atoms with Crippen LogP contribution in [0.4, 0.5) is 11.4 Å². The summed E-state index contributed by atoms with van der Waals surface area (Å²) in [4.78, 5) is 32.6. The van der Waals surface area contributed by atoms with Gasteiger partial charge in [-0.3, -0.25) is 20.0 Å². The Bertz CT molecular complexity index is 746. The minimum absolute atomic E-state index is 0.0813. The Labute approximate surface area is 133 Å². The number of amidine groups is 1. The van der Waals surface area contributed by atoms with Crippen molar-refractivity contribution < 1.29 is 9.59 Å². The molecule has 2 heterocycles. The molecule has 0 bridgehead atoms. The third-order valence-electron chi connectivity index (χ3n) is 3.29. The van der Waals surface area contributed by atoms with Crippen molar-refractivity contribution in [3.05, 3.63) is 54.9 Å². The largest absolute Gasteiger partial charge is 0.319 e. The molecular formula is C16H15N5O2. The monoisotopic (exact) mass is 309 g/mol. The molecule has 0 radical (unpaired) electrons. The molecule has 116 valence electrons. The molecule has 7 nitrogen and oxygen atoms in total. The highest BCUT2D eigenvalue weighted by Gasteiger charge is 2.30. The molecule has 1 aliphatic rings. The fraction of sp³-hybridized carbons (Fsp3) is 0.125. The predicted octanol–water partition coefficient (Wildman–Crippen LogP) is 1.36. The number of aliphatic imine (C=N–C) groups is 1. The molecule has 23 heavy (non-hydrogen) atoms. The number of benzene rings is 1. The number of amides is 2. The first kappa shape index (κ1) is 14.7. The van der Waals surface area contributed by atoms with Crippen LogP contribution in [-0.2, 0) is 9.59 Å². The standard InChI is InChI=1S/C16H15N5O2/c1-11-16(23)21(13-5-3-2-4-6-13)20-14(18-11)15(22)19-12-7-9-17-10-8-12/h2-11H,1H3,(H,18,20)(H,17,19,22)/t11-/m0/s1. The van der Waals surface area contributed by atoms with Gasteiger partial charge >= 0.3 is 0 Å². The number of pyridine rings is 1. The van der Waals surface area contributed by atoms with Crippen molar-refractivity contribution >= 4 is 29.0 Å². The van der Waals surface area contributed by atoms with Crippen molar-refractivity contribution in [3.63, 3.8) is 0 Å². The Kier molecular flexibility index (Phi) is 4.01. The number of hydrogen-bond donors (Lipinski definition) is 2. The van der Waals surface area contributed by atoms with Crippen molar-refractivity contribution in [1.82, 2.24) is 10.4 Å². The van der Waals surface area contributed by atoms with Gasteiger partial charge in [-0.05, 0) is 31.2 Å². The lowest BCUT2D eigenvalue weighted by Crippen LogP contribution is -2.57. The van der Waals surface area contributed by atoms with Crippen molar-refractivity contribution in [3.8, 4) is 0 Å². The number of para-hydroxylation sites is 1. The van der Waals surface area contributed by atoms with Gasteiger partial charge in [-0.25, -0.2) is 10.0 Å². The average molecular weight is 309 g/mol. The normalized spacial score (nSPS) is 17.3. The van der Waals surface area contributed by atoms with Crippen LogP contribution < -0.4 is 15.8 Å². The summed E-state index contributed by atoms with van der Waals surface area (Å²) in [5, 5.41) is 4.04. The first-order valence-corrected chi connectivity index (χ1v) is 7.10. The van der Waals surface area contributed by atoms with Gasteiger partial charge < -0.3 is 5.32 Å². The van der Waals surface area contributed by atoms with Crippen LogP contribution in [0.1, 0.15) is 6.92 Å². The van der Waals surface area contributed by atoms with E-state index in [1.165, 1.54) is 5.01 Å². The summed E-state index contributed by atoms with van der Waals surface area (Å²) in [6.45, 7) is 1.65. The van der Waals surface area contributed by atoms with Crippen LogP contribution in [0.2, 0.25) is 0 Å². The molecule has 0 fully saturated rings. The maximum atomic E-state index is 12.3. The molecule has 0 spiro atoms. The first-order chi connectivity index (χ1) is 11.1. The Morgan fingerprint density at radius 3 is 2.57 bits per heavy atom. The molecule has 7 heteroatoms. The number of hydrogen-bond acceptors (Lipinski definition) is 5. The highest BCUT2D eigenvalue weighted by atomic mass is 16.2. The fourth-order valence-corrected chi connectivity index (χ4v) is 2.13. The van der Waals surface area contributed by atoms with Gasteiger partial charge in [0.1, 0.15) is 6.04 Å². The van der Waals surface area contributed by atoms with Crippen LogP contribution in [0.5, 0.6) is 0 Å². The van der Waals surface area contributed by atoms with E-state index in [0.717, 1.165) is 0 Å². The number of aromatic nitrogens is 1. The topological polar surface area (TPSA) is 86.7 Å². The fourth-order valence-electron chi connectivity index (χ4n) is 2.13. The molecule has 2 aromatic rings. The number of carbonyl (C=O) groups is 2. The van der Waals surface area contributed by atoms with E-state index in [1.54, 1.807) is 43.6 Å². The zero-order valence-electron chi connectivity index (χ0n) is 12.4. The molecule has 0 unspecified atom stereocenters. The third-order valence-corrected chi connectivity index (χ3v) is 3.29. The molecule has 1 atom stereocenters. The highest BCUT2D eigenvalue weighted by Crippen LogP contribution is 2.16. The molecule has 1 aromatic heterocycles. The summed E-state index contributed by atoms with van der Waals surface area (Å²) < 4.78 is 0. The summed E-state index contributed by atoms with van der Waals surface area (Å²) in [5.74, 6) is -0.564. The summed E-state index contributed by atoms with van der Waals surface area (Å²) in [7, 11) is 0. The van der Waals surface area contributed by atoms with Crippen molar-refractivity contribution in [2.45, 2.75) is 13.0 Å². The molecule has 2 N–H and O–H groups in total. The molecule has 3 rings (SSSR count). The van der Waals surface area contributed by atoms with Gasteiger partial charge in [-0.2, -0.15) is 0 Å². The van der Waals surface area contributed by atoms with Gasteiger partial charge in [0.25, 0.3) is 11.8 Å². The van der Waals surface area contributed by atoms with Crippen LogP contribution in [0.3, 0.4) is 0 Å². The van der Waals surface area contributed by atoms with E-state index >= 15 is 0 Å². The maximum absolute atomic E-state index is 12.3. The minimum Gasteiger partial charge on any atom is -0.319 e. The van der Waals surface area contributed by atoms with E-state index in [-0.39, 0.29) is 11.7 Å². The number of rotatable bonds is 3. The molecule has 1 aliphatic heterocycles. The molecule has 1 aromatic carbocycles. The SMILES string of the molecule is C[C@@H]1N=C(C(=O)Nc2ccncc2)NN(c2ccccc2)C1=O. The van der Waals surface area contributed by atoms with E-state index in [9.17, 15) is 9.59 Å². The molecule has 0 aliphatic carbocycles. The van der Waals surface area contributed by atoms with Crippen molar-refractivity contribution in [1.29, 1.82) is 0 Å². The Morgan fingerprint density at radius 1 is 1.17 bits per heavy atom. The number of nitrogens with one attached hydrogen (secondary N) is 2. The van der Waals surface area contributed by atoms with Gasteiger partial charge in [0, 0.05) is 18.1 Å². The molecular weight excluding hydrogens is 294 g/mol. The lowest BCUT2D eigenvalue weighted by Gasteiger charge is -2.30. The number of carbonyl (C=O) groups excluding carboxylic acids is 2. The molecule has 0 saturated carbocycles. The lowest BCUT2D eigenvalue weighted by atomic mass is 10.2. The smallest absolute Gasteiger partial charge is 0.292 e. The predicted molar refractivity (Wildman–Crippen MR) is 86.8 cm³/mol. The lowest BCUT2D eigenvalue weighted by molar-refractivity contribution is -0.120. The van der Waals surface area contributed by atoms with Gasteiger partial charge in [-0.15, -0.1) is 0 Å². The highest BCUT2D eigenvalue weighted by molar-refractivity contribution is 6.43. The number of hydrazine groups is 1. The zero-order chi connectivity index (χ0) is 16.2. The van der Waals surface area contributed by atoms with E-state index in [0.29, 0.717) is 11.4 Å². The van der Waals surface area contributed by atoms with E-state index in [4.69, 9.17) is 0 Å². The summed E-state index contributed by atoms with van der Waals surface area (Å²) in [5.41, 5.74) is 4.02. The Morgan fingerprint density at radius 2 is 1.87 bits per heavy atom.